The Kier molecular flexibility index (Phi) is 6.51. The number of anilines is 2. The fourth-order valence-corrected chi connectivity index (χ4v) is 3.53. The molecule has 0 atom stereocenters. The van der Waals surface area contributed by atoms with Crippen LogP contribution in [0.4, 0.5) is 11.5 Å². The van der Waals surface area contributed by atoms with Crippen molar-refractivity contribution < 1.29 is 0 Å². The van der Waals surface area contributed by atoms with Crippen LogP contribution in [0.25, 0.3) is 11.0 Å². The van der Waals surface area contributed by atoms with Crippen LogP contribution in [0.3, 0.4) is 0 Å². The maximum absolute atomic E-state index is 4.51. The van der Waals surface area contributed by atoms with Gasteiger partial charge >= 0.3 is 0 Å². The summed E-state index contributed by atoms with van der Waals surface area (Å²) in [6.45, 7) is 6.64. The standard InChI is InChI=1S/C23H29N7/c1-28(2)11-12-29-13-15-30(16-14-29)20-9-7-19(8-10-20)17-25-27-23-18-24-21-5-3-4-6-22(21)26-23/h3-10,17-18H,11-16H2,1-2H3,(H,26,27). The lowest BCUT2D eigenvalue weighted by molar-refractivity contribution is 0.229. The van der Waals surface area contributed by atoms with Gasteiger partial charge in [0.2, 0.25) is 0 Å². The topological polar surface area (TPSA) is 59.9 Å². The average Bonchev–Trinajstić information content (AvgIpc) is 2.78. The van der Waals surface area contributed by atoms with Gasteiger partial charge in [0, 0.05) is 45.0 Å². The normalized spacial score (nSPS) is 15.4. The first-order valence-corrected chi connectivity index (χ1v) is 10.4. The van der Waals surface area contributed by atoms with E-state index in [1.54, 1.807) is 12.4 Å². The molecule has 2 heterocycles. The van der Waals surface area contributed by atoms with Gasteiger partial charge in [-0.1, -0.05) is 24.3 Å². The Morgan fingerprint density at radius 2 is 1.73 bits per heavy atom. The van der Waals surface area contributed by atoms with Crippen molar-refractivity contribution in [1.29, 1.82) is 0 Å². The Morgan fingerprint density at radius 1 is 1.00 bits per heavy atom. The lowest BCUT2D eigenvalue weighted by Gasteiger charge is -2.36. The Balaban J connectivity index is 1.29. The van der Waals surface area contributed by atoms with Gasteiger partial charge in [-0.2, -0.15) is 5.10 Å². The number of hydrazone groups is 1. The summed E-state index contributed by atoms with van der Waals surface area (Å²) in [5.41, 5.74) is 7.01. The highest BCUT2D eigenvalue weighted by Gasteiger charge is 2.16. The molecule has 1 N–H and O–H groups in total. The van der Waals surface area contributed by atoms with Crippen molar-refractivity contribution in [3.63, 3.8) is 0 Å². The van der Waals surface area contributed by atoms with Crippen LogP contribution < -0.4 is 10.3 Å². The lowest BCUT2D eigenvalue weighted by Crippen LogP contribution is -2.48. The third-order valence-electron chi connectivity index (χ3n) is 5.34. The molecule has 0 amide bonds. The van der Waals surface area contributed by atoms with Gasteiger partial charge in [-0.3, -0.25) is 15.3 Å². The lowest BCUT2D eigenvalue weighted by atomic mass is 10.2. The Morgan fingerprint density at radius 3 is 2.47 bits per heavy atom. The quantitative estimate of drug-likeness (QED) is 0.484. The highest BCUT2D eigenvalue weighted by Crippen LogP contribution is 2.17. The van der Waals surface area contributed by atoms with Gasteiger partial charge < -0.3 is 9.80 Å². The van der Waals surface area contributed by atoms with Gasteiger partial charge in [0.25, 0.3) is 0 Å². The summed E-state index contributed by atoms with van der Waals surface area (Å²) in [5.74, 6) is 0.633. The molecule has 0 radical (unpaired) electrons. The van der Waals surface area contributed by atoms with Crippen molar-refractivity contribution in [2.24, 2.45) is 5.10 Å². The number of hydrogen-bond donors (Lipinski definition) is 1. The SMILES string of the molecule is CN(C)CCN1CCN(c2ccc(C=NNc3cnc4ccccc4n3)cc2)CC1. The molecule has 1 fully saturated rings. The van der Waals surface area contributed by atoms with Gasteiger partial charge in [0.15, 0.2) is 5.82 Å². The second-order valence-electron chi connectivity index (χ2n) is 7.84. The Bertz CT molecular complexity index is 976. The zero-order valence-corrected chi connectivity index (χ0v) is 17.7. The van der Waals surface area contributed by atoms with Crippen molar-refractivity contribution in [3.8, 4) is 0 Å². The maximum Gasteiger partial charge on any atom is 0.165 e. The van der Waals surface area contributed by atoms with Crippen molar-refractivity contribution in [3.05, 3.63) is 60.3 Å². The van der Waals surface area contributed by atoms with E-state index in [1.807, 2.05) is 24.3 Å². The predicted molar refractivity (Wildman–Crippen MR) is 124 cm³/mol. The molecule has 1 aromatic heterocycles. The van der Waals surface area contributed by atoms with Crippen LogP contribution in [-0.4, -0.2) is 79.3 Å². The van der Waals surface area contributed by atoms with Crippen LogP contribution in [0, 0.1) is 0 Å². The van der Waals surface area contributed by atoms with Crippen LogP contribution in [0.2, 0.25) is 0 Å². The van der Waals surface area contributed by atoms with Crippen LogP contribution in [0.5, 0.6) is 0 Å². The molecule has 0 saturated carbocycles. The van der Waals surface area contributed by atoms with E-state index in [0.29, 0.717) is 5.82 Å². The molecule has 0 bridgehead atoms. The summed E-state index contributed by atoms with van der Waals surface area (Å²) < 4.78 is 0. The van der Waals surface area contributed by atoms with Gasteiger partial charge in [-0.15, -0.1) is 0 Å². The second-order valence-corrected chi connectivity index (χ2v) is 7.84. The number of likely N-dealkylation sites (N-methyl/N-ethyl adjacent to an activating group) is 1. The summed E-state index contributed by atoms with van der Waals surface area (Å²) in [5, 5.41) is 4.30. The van der Waals surface area contributed by atoms with E-state index in [-0.39, 0.29) is 0 Å². The highest BCUT2D eigenvalue weighted by molar-refractivity contribution is 5.81. The Labute approximate surface area is 178 Å². The maximum atomic E-state index is 4.51. The number of hydrogen-bond acceptors (Lipinski definition) is 7. The van der Waals surface area contributed by atoms with Crippen LogP contribution in [0.1, 0.15) is 5.56 Å². The van der Waals surface area contributed by atoms with Gasteiger partial charge in [-0.25, -0.2) is 4.98 Å². The molecular formula is C23H29N7. The summed E-state index contributed by atoms with van der Waals surface area (Å²) in [6, 6.07) is 16.3. The average molecular weight is 404 g/mol. The van der Waals surface area contributed by atoms with Crippen molar-refractivity contribution in [2.45, 2.75) is 0 Å². The number of piperazine rings is 1. The molecule has 2 aromatic carbocycles. The first-order chi connectivity index (χ1) is 14.7. The van der Waals surface area contributed by atoms with Gasteiger partial charge in [-0.05, 0) is 43.9 Å². The summed E-state index contributed by atoms with van der Waals surface area (Å²) >= 11 is 0. The molecule has 30 heavy (non-hydrogen) atoms. The summed E-state index contributed by atoms with van der Waals surface area (Å²) in [7, 11) is 4.26. The number of benzene rings is 2. The van der Waals surface area contributed by atoms with E-state index in [2.05, 4.69) is 73.6 Å². The molecule has 156 valence electrons. The molecule has 0 unspecified atom stereocenters. The van der Waals surface area contributed by atoms with Crippen molar-refractivity contribution in [2.75, 3.05) is 63.7 Å². The zero-order chi connectivity index (χ0) is 20.8. The number of nitrogens with zero attached hydrogens (tertiary/aromatic N) is 6. The minimum absolute atomic E-state index is 0.633. The summed E-state index contributed by atoms with van der Waals surface area (Å²) in [6.07, 6.45) is 3.50. The van der Waals surface area contributed by atoms with Gasteiger partial charge in [0.1, 0.15) is 0 Å². The summed E-state index contributed by atoms with van der Waals surface area (Å²) in [4.78, 5) is 16.1. The van der Waals surface area contributed by atoms with Crippen molar-refractivity contribution in [1.82, 2.24) is 19.8 Å². The molecule has 1 aliphatic rings. The third-order valence-corrected chi connectivity index (χ3v) is 5.34. The van der Waals surface area contributed by atoms with E-state index < -0.39 is 0 Å². The fraction of sp³-hybridized carbons (Fsp3) is 0.348. The van der Waals surface area contributed by atoms with Crippen LogP contribution in [-0.2, 0) is 0 Å². The van der Waals surface area contributed by atoms with E-state index >= 15 is 0 Å². The molecule has 4 rings (SSSR count). The molecule has 7 heteroatoms. The molecule has 1 saturated heterocycles. The first kappa shape index (κ1) is 20.3. The van der Waals surface area contributed by atoms with E-state index in [1.165, 1.54) is 5.69 Å². The molecular weight excluding hydrogens is 374 g/mol. The molecule has 1 aliphatic heterocycles. The Hall–Kier alpha value is -3.03. The van der Waals surface area contributed by atoms with E-state index in [0.717, 1.165) is 55.9 Å². The molecule has 0 spiro atoms. The minimum atomic E-state index is 0.633. The zero-order valence-electron chi connectivity index (χ0n) is 17.7. The monoisotopic (exact) mass is 403 g/mol. The van der Waals surface area contributed by atoms with E-state index in [4.69, 9.17) is 0 Å². The van der Waals surface area contributed by atoms with Crippen LogP contribution in [0.15, 0.2) is 59.8 Å². The van der Waals surface area contributed by atoms with E-state index in [9.17, 15) is 0 Å². The van der Waals surface area contributed by atoms with Crippen LogP contribution >= 0.6 is 0 Å². The smallest absolute Gasteiger partial charge is 0.165 e. The number of rotatable bonds is 7. The number of nitrogens with one attached hydrogen (secondary N) is 1. The third kappa shape index (κ3) is 5.31. The number of fused-ring (bicyclic) bond motifs is 1. The largest absolute Gasteiger partial charge is 0.369 e. The fourth-order valence-electron chi connectivity index (χ4n) is 3.53. The molecule has 7 nitrogen and oxygen atoms in total. The minimum Gasteiger partial charge on any atom is -0.369 e. The molecule has 0 aliphatic carbocycles. The second kappa shape index (κ2) is 9.65. The number of para-hydroxylation sites is 2. The molecule has 3 aromatic rings. The van der Waals surface area contributed by atoms with Gasteiger partial charge in [0.05, 0.1) is 23.4 Å². The first-order valence-electron chi connectivity index (χ1n) is 10.4. The highest BCUT2D eigenvalue weighted by atomic mass is 15.3. The predicted octanol–water partition coefficient (Wildman–Crippen LogP) is 2.76. The number of aromatic nitrogens is 2. The van der Waals surface area contributed by atoms with Crippen molar-refractivity contribution >= 4 is 28.8 Å².